The van der Waals surface area contributed by atoms with Gasteiger partial charge >= 0.3 is 0 Å². The van der Waals surface area contributed by atoms with Crippen molar-refractivity contribution in [3.63, 3.8) is 0 Å². The van der Waals surface area contributed by atoms with Gasteiger partial charge in [-0.2, -0.15) is 0 Å². The van der Waals surface area contributed by atoms with Crippen molar-refractivity contribution >= 4 is 11.9 Å². The van der Waals surface area contributed by atoms with Crippen molar-refractivity contribution in [2.24, 2.45) is 17.8 Å². The first kappa shape index (κ1) is 25.9. The standard InChI is InChI=1S/C28H37FN4O4/c1-35-19-20-17-30-28(31-18-20)33-7-4-21(5-8-33)25-14-22(25)6-11-37-24-3-2-23(26(29)16-24)15-27(34)32-9-12-36-13-10-32/h2-3,16-18,21-22,25H,4-15,19H2,1H3. The summed E-state index contributed by atoms with van der Waals surface area (Å²) in [5.74, 6) is 3.10. The average molecular weight is 513 g/mol. The lowest BCUT2D eigenvalue weighted by Crippen LogP contribution is -2.41. The van der Waals surface area contributed by atoms with E-state index in [1.807, 2.05) is 12.4 Å². The van der Waals surface area contributed by atoms with Gasteiger partial charge in [-0.1, -0.05) is 6.07 Å². The third-order valence-corrected chi connectivity index (χ3v) is 7.90. The van der Waals surface area contributed by atoms with E-state index in [2.05, 4.69) is 14.9 Å². The molecule has 37 heavy (non-hydrogen) atoms. The van der Waals surface area contributed by atoms with Crippen LogP contribution in [0.3, 0.4) is 0 Å². The van der Waals surface area contributed by atoms with E-state index in [1.165, 1.54) is 25.3 Å². The Kier molecular flexibility index (Phi) is 8.51. The zero-order valence-corrected chi connectivity index (χ0v) is 21.6. The number of nitrogens with zero attached hydrogens (tertiary/aromatic N) is 4. The summed E-state index contributed by atoms with van der Waals surface area (Å²) in [6.07, 6.45) is 8.35. The maximum atomic E-state index is 14.6. The Morgan fingerprint density at radius 3 is 2.59 bits per heavy atom. The molecule has 3 aliphatic rings. The highest BCUT2D eigenvalue weighted by Crippen LogP contribution is 2.49. The van der Waals surface area contributed by atoms with E-state index in [1.54, 1.807) is 24.1 Å². The topological polar surface area (TPSA) is 77.0 Å². The Morgan fingerprint density at radius 2 is 1.89 bits per heavy atom. The van der Waals surface area contributed by atoms with E-state index in [-0.39, 0.29) is 18.1 Å². The first-order valence-corrected chi connectivity index (χ1v) is 13.4. The van der Waals surface area contributed by atoms with Crippen LogP contribution in [0.4, 0.5) is 10.3 Å². The summed E-state index contributed by atoms with van der Waals surface area (Å²) in [5, 5.41) is 0. The van der Waals surface area contributed by atoms with Gasteiger partial charge in [0.1, 0.15) is 11.6 Å². The lowest BCUT2D eigenvalue weighted by Gasteiger charge is -2.32. The highest BCUT2D eigenvalue weighted by atomic mass is 19.1. The predicted molar refractivity (Wildman–Crippen MR) is 137 cm³/mol. The molecule has 1 aromatic heterocycles. The quantitative estimate of drug-likeness (QED) is 0.482. The van der Waals surface area contributed by atoms with Crippen molar-refractivity contribution < 1.29 is 23.4 Å². The maximum absolute atomic E-state index is 14.6. The Balaban J connectivity index is 1.01. The average Bonchev–Trinajstić information content (AvgIpc) is 3.71. The van der Waals surface area contributed by atoms with Crippen LogP contribution in [-0.2, 0) is 27.3 Å². The first-order chi connectivity index (χ1) is 18.1. The van der Waals surface area contributed by atoms with E-state index in [0.717, 1.165) is 42.9 Å². The van der Waals surface area contributed by atoms with Crippen LogP contribution in [0.1, 0.15) is 36.8 Å². The van der Waals surface area contributed by atoms with Crippen LogP contribution in [0.5, 0.6) is 5.75 Å². The lowest BCUT2D eigenvalue weighted by molar-refractivity contribution is -0.134. The number of carbonyl (C=O) groups excluding carboxylic acids is 1. The van der Waals surface area contributed by atoms with Gasteiger partial charge in [0.2, 0.25) is 11.9 Å². The minimum Gasteiger partial charge on any atom is -0.493 e. The van der Waals surface area contributed by atoms with E-state index < -0.39 is 0 Å². The Bertz CT molecular complexity index is 1040. The molecule has 0 bridgehead atoms. The molecule has 1 aromatic carbocycles. The van der Waals surface area contributed by atoms with Crippen LogP contribution in [0.2, 0.25) is 0 Å². The number of morpholine rings is 1. The molecule has 3 heterocycles. The lowest BCUT2D eigenvalue weighted by atomic mass is 9.90. The number of aromatic nitrogens is 2. The number of hydrogen-bond acceptors (Lipinski definition) is 7. The number of rotatable bonds is 10. The van der Waals surface area contributed by atoms with E-state index in [4.69, 9.17) is 14.2 Å². The second-order valence-corrected chi connectivity index (χ2v) is 10.4. The third kappa shape index (κ3) is 6.76. The molecule has 3 fully saturated rings. The minimum atomic E-state index is -0.382. The number of anilines is 1. The summed E-state index contributed by atoms with van der Waals surface area (Å²) in [6.45, 7) is 5.34. The molecular formula is C28H37FN4O4. The zero-order valence-electron chi connectivity index (χ0n) is 21.6. The molecule has 2 unspecified atom stereocenters. The molecule has 2 saturated heterocycles. The molecule has 1 amide bonds. The van der Waals surface area contributed by atoms with Gasteiger partial charge in [0, 0.05) is 57.3 Å². The molecule has 0 radical (unpaired) electrons. The number of ether oxygens (including phenoxy) is 3. The van der Waals surface area contributed by atoms with Gasteiger partial charge in [-0.15, -0.1) is 0 Å². The van der Waals surface area contributed by atoms with Crippen LogP contribution < -0.4 is 9.64 Å². The Hall–Kier alpha value is -2.78. The third-order valence-electron chi connectivity index (χ3n) is 7.90. The minimum absolute atomic E-state index is 0.0611. The van der Waals surface area contributed by atoms with Crippen molar-refractivity contribution in [2.75, 3.05) is 58.0 Å². The molecule has 1 aliphatic carbocycles. The number of benzene rings is 1. The fourth-order valence-electron chi connectivity index (χ4n) is 5.64. The number of piperidine rings is 1. The molecule has 2 aromatic rings. The molecule has 200 valence electrons. The summed E-state index contributed by atoms with van der Waals surface area (Å²) in [6, 6.07) is 4.85. The van der Waals surface area contributed by atoms with Crippen molar-refractivity contribution in [3.05, 3.63) is 47.5 Å². The van der Waals surface area contributed by atoms with Crippen molar-refractivity contribution in [3.8, 4) is 5.75 Å². The molecular weight excluding hydrogens is 475 g/mol. The Labute approximate surface area is 218 Å². The fourth-order valence-corrected chi connectivity index (χ4v) is 5.64. The summed E-state index contributed by atoms with van der Waals surface area (Å²) in [4.78, 5) is 25.4. The number of hydrogen-bond donors (Lipinski definition) is 0. The molecule has 0 N–H and O–H groups in total. The van der Waals surface area contributed by atoms with Crippen molar-refractivity contribution in [1.82, 2.24) is 14.9 Å². The SMILES string of the molecule is COCc1cnc(N2CCC(C3CC3CCOc3ccc(CC(=O)N4CCOCC4)c(F)c3)CC2)nc1. The summed E-state index contributed by atoms with van der Waals surface area (Å²) in [5.41, 5.74) is 1.40. The molecule has 1 saturated carbocycles. The van der Waals surface area contributed by atoms with Gasteiger partial charge in [-0.25, -0.2) is 14.4 Å². The normalized spacial score (nSPS) is 22.2. The summed E-state index contributed by atoms with van der Waals surface area (Å²) >= 11 is 0. The number of carbonyl (C=O) groups is 1. The molecule has 0 spiro atoms. The number of amides is 1. The number of halogens is 1. The van der Waals surface area contributed by atoms with Gasteiger partial charge in [-0.3, -0.25) is 4.79 Å². The van der Waals surface area contributed by atoms with Gasteiger partial charge in [0.15, 0.2) is 0 Å². The summed E-state index contributed by atoms with van der Waals surface area (Å²) in [7, 11) is 1.67. The van der Waals surface area contributed by atoms with E-state index in [9.17, 15) is 9.18 Å². The van der Waals surface area contributed by atoms with E-state index in [0.29, 0.717) is 56.7 Å². The van der Waals surface area contributed by atoms with E-state index >= 15 is 0 Å². The van der Waals surface area contributed by atoms with Gasteiger partial charge in [0.05, 0.1) is 32.8 Å². The summed E-state index contributed by atoms with van der Waals surface area (Å²) < 4.78 is 30.9. The molecule has 8 nitrogen and oxygen atoms in total. The van der Waals surface area contributed by atoms with Crippen LogP contribution in [0.15, 0.2) is 30.6 Å². The van der Waals surface area contributed by atoms with Crippen LogP contribution in [-0.4, -0.2) is 73.9 Å². The monoisotopic (exact) mass is 512 g/mol. The smallest absolute Gasteiger partial charge is 0.227 e. The second kappa shape index (κ2) is 12.2. The zero-order chi connectivity index (χ0) is 25.6. The molecule has 5 rings (SSSR count). The first-order valence-electron chi connectivity index (χ1n) is 13.4. The van der Waals surface area contributed by atoms with Crippen molar-refractivity contribution in [2.45, 2.75) is 38.7 Å². The highest BCUT2D eigenvalue weighted by Gasteiger charge is 2.43. The Morgan fingerprint density at radius 1 is 1.14 bits per heavy atom. The predicted octanol–water partition coefficient (Wildman–Crippen LogP) is 3.49. The van der Waals surface area contributed by atoms with Crippen LogP contribution in [0, 0.1) is 23.6 Å². The highest BCUT2D eigenvalue weighted by molar-refractivity contribution is 5.79. The molecule has 2 aliphatic heterocycles. The van der Waals surface area contributed by atoms with Gasteiger partial charge in [-0.05, 0) is 55.1 Å². The van der Waals surface area contributed by atoms with Crippen LogP contribution in [0.25, 0.3) is 0 Å². The van der Waals surface area contributed by atoms with Crippen molar-refractivity contribution in [1.29, 1.82) is 0 Å². The number of methoxy groups -OCH3 is 1. The second-order valence-electron chi connectivity index (χ2n) is 10.4. The fraction of sp³-hybridized carbons (Fsp3) is 0.607. The molecule has 9 heteroatoms. The molecule has 2 atom stereocenters. The van der Waals surface area contributed by atoms with Gasteiger partial charge < -0.3 is 24.0 Å². The largest absolute Gasteiger partial charge is 0.493 e. The maximum Gasteiger partial charge on any atom is 0.227 e. The van der Waals surface area contributed by atoms with Crippen LogP contribution >= 0.6 is 0 Å². The van der Waals surface area contributed by atoms with Gasteiger partial charge in [0.25, 0.3) is 0 Å².